The lowest BCUT2D eigenvalue weighted by atomic mass is 9.96. The van der Waals surface area contributed by atoms with Gasteiger partial charge >= 0.3 is 5.97 Å². The van der Waals surface area contributed by atoms with Gasteiger partial charge in [-0.2, -0.15) is 0 Å². The molecule has 1 amide bonds. The molecule has 2 aromatic carbocycles. The van der Waals surface area contributed by atoms with E-state index < -0.39 is 17.7 Å². The highest BCUT2D eigenvalue weighted by molar-refractivity contribution is 5.79. The van der Waals surface area contributed by atoms with Gasteiger partial charge in [-0.15, -0.1) is 0 Å². The predicted molar refractivity (Wildman–Crippen MR) is 91.1 cm³/mol. The fourth-order valence-corrected chi connectivity index (χ4v) is 3.16. The average molecular weight is 359 g/mol. The maximum absolute atomic E-state index is 13.8. The third-order valence-corrected chi connectivity index (χ3v) is 4.42. The molecule has 136 valence electrons. The van der Waals surface area contributed by atoms with Crippen LogP contribution in [0.25, 0.3) is 0 Å². The Morgan fingerprint density at radius 2 is 1.81 bits per heavy atom. The largest absolute Gasteiger partial charge is 0.461 e. The fraction of sp³-hybridized carbons (Fsp3) is 0.300. The van der Waals surface area contributed by atoms with Crippen molar-refractivity contribution in [3.8, 4) is 0 Å². The highest BCUT2D eigenvalue weighted by Crippen LogP contribution is 2.33. The molecule has 0 radical (unpaired) electrons. The van der Waals surface area contributed by atoms with E-state index in [0.717, 1.165) is 29.7 Å². The number of amides is 1. The van der Waals surface area contributed by atoms with Crippen LogP contribution < -0.4 is 0 Å². The van der Waals surface area contributed by atoms with Crippen LogP contribution in [0.15, 0.2) is 42.5 Å². The number of hydrogen-bond acceptors (Lipinski definition) is 3. The van der Waals surface area contributed by atoms with Gasteiger partial charge in [-0.3, -0.25) is 9.59 Å². The number of carbonyl (C=O) groups excluding carboxylic acids is 2. The van der Waals surface area contributed by atoms with Crippen molar-refractivity contribution in [1.82, 2.24) is 4.90 Å². The molecule has 0 N–H and O–H groups in total. The first kappa shape index (κ1) is 18.0. The van der Waals surface area contributed by atoms with E-state index >= 15 is 0 Å². The minimum absolute atomic E-state index is 0.0104. The molecular formula is C20H19F2NO3. The number of benzene rings is 2. The minimum atomic E-state index is -0.939. The molecule has 1 heterocycles. The predicted octanol–water partition coefficient (Wildman–Crippen LogP) is 3.74. The second kappa shape index (κ2) is 7.64. The van der Waals surface area contributed by atoms with Crippen LogP contribution in [0.4, 0.5) is 8.78 Å². The van der Waals surface area contributed by atoms with Crippen molar-refractivity contribution >= 4 is 11.9 Å². The molecule has 1 unspecified atom stereocenters. The number of rotatable bonds is 5. The van der Waals surface area contributed by atoms with E-state index in [4.69, 9.17) is 4.74 Å². The molecule has 1 saturated heterocycles. The molecule has 26 heavy (non-hydrogen) atoms. The van der Waals surface area contributed by atoms with E-state index in [2.05, 4.69) is 0 Å². The third kappa shape index (κ3) is 3.90. The molecule has 4 nitrogen and oxygen atoms in total. The van der Waals surface area contributed by atoms with Gasteiger partial charge in [0.05, 0.1) is 6.04 Å². The second-order valence-corrected chi connectivity index (χ2v) is 6.29. The van der Waals surface area contributed by atoms with Crippen LogP contribution >= 0.6 is 0 Å². The Balaban J connectivity index is 1.93. The first-order chi connectivity index (χ1) is 12.5. The first-order valence-corrected chi connectivity index (χ1v) is 8.42. The Hall–Kier alpha value is -2.76. The lowest BCUT2D eigenvalue weighted by Gasteiger charge is -2.29. The number of carbonyl (C=O) groups is 2. The lowest BCUT2D eigenvalue weighted by Crippen LogP contribution is -2.30. The topological polar surface area (TPSA) is 46.6 Å². The zero-order chi connectivity index (χ0) is 18.7. The molecule has 0 aromatic heterocycles. The van der Waals surface area contributed by atoms with Gasteiger partial charge in [0.2, 0.25) is 5.91 Å². The fourth-order valence-electron chi connectivity index (χ4n) is 3.16. The zero-order valence-corrected chi connectivity index (χ0v) is 14.4. The maximum atomic E-state index is 13.8. The van der Waals surface area contributed by atoms with Crippen LogP contribution in [0.5, 0.6) is 0 Å². The molecule has 1 atom stereocenters. The quantitative estimate of drug-likeness (QED) is 0.764. The number of hydrogen-bond donors (Lipinski definition) is 0. The average Bonchev–Trinajstić information content (AvgIpc) is 3.03. The summed E-state index contributed by atoms with van der Waals surface area (Å²) in [6, 6.07) is 10.5. The summed E-state index contributed by atoms with van der Waals surface area (Å²) < 4.78 is 32.0. The number of halogens is 2. The van der Waals surface area contributed by atoms with Gasteiger partial charge in [0.1, 0.15) is 6.61 Å². The normalized spacial score (nSPS) is 15.2. The maximum Gasteiger partial charge on any atom is 0.302 e. The van der Waals surface area contributed by atoms with Gasteiger partial charge in [-0.25, -0.2) is 8.78 Å². The van der Waals surface area contributed by atoms with E-state index in [1.807, 2.05) is 12.1 Å². The van der Waals surface area contributed by atoms with Gasteiger partial charge in [-0.05, 0) is 35.2 Å². The number of esters is 1. The monoisotopic (exact) mass is 359 g/mol. The minimum Gasteiger partial charge on any atom is -0.461 e. The highest BCUT2D eigenvalue weighted by Gasteiger charge is 2.30. The number of likely N-dealkylation sites (tertiary alicyclic amines) is 1. The Kier molecular flexibility index (Phi) is 5.30. The van der Waals surface area contributed by atoms with Crippen molar-refractivity contribution in [2.24, 2.45) is 0 Å². The van der Waals surface area contributed by atoms with Crippen LogP contribution in [0.3, 0.4) is 0 Å². The molecule has 3 rings (SSSR count). The van der Waals surface area contributed by atoms with Crippen LogP contribution in [-0.4, -0.2) is 23.3 Å². The molecule has 0 saturated carbocycles. The standard InChI is InChI=1S/C20H19F2NO3/c1-13(24)26-12-14-4-6-15(7-5-14)20(23-10-2-3-19(23)25)16-8-9-17(21)18(22)11-16/h4-9,11,20H,2-3,10,12H2,1H3. The van der Waals surface area contributed by atoms with Crippen LogP contribution in [0.1, 0.15) is 42.5 Å². The molecule has 6 heteroatoms. The molecule has 1 aliphatic rings. The Morgan fingerprint density at radius 1 is 1.12 bits per heavy atom. The van der Waals surface area contributed by atoms with Crippen molar-refractivity contribution in [2.45, 2.75) is 32.4 Å². The van der Waals surface area contributed by atoms with E-state index in [-0.39, 0.29) is 18.5 Å². The molecule has 2 aromatic rings. The van der Waals surface area contributed by atoms with Crippen molar-refractivity contribution in [3.05, 3.63) is 70.8 Å². The van der Waals surface area contributed by atoms with Crippen molar-refractivity contribution < 1.29 is 23.1 Å². The van der Waals surface area contributed by atoms with Gasteiger partial charge in [0.25, 0.3) is 0 Å². The zero-order valence-electron chi connectivity index (χ0n) is 14.4. The van der Waals surface area contributed by atoms with Crippen LogP contribution in [0.2, 0.25) is 0 Å². The molecule has 0 spiro atoms. The Bertz CT molecular complexity index is 820. The van der Waals surface area contributed by atoms with E-state index in [9.17, 15) is 18.4 Å². The molecule has 0 aliphatic carbocycles. The summed E-state index contributed by atoms with van der Waals surface area (Å²) in [4.78, 5) is 24.9. The lowest BCUT2D eigenvalue weighted by molar-refractivity contribution is -0.142. The van der Waals surface area contributed by atoms with E-state index in [1.54, 1.807) is 17.0 Å². The Labute approximate surface area is 150 Å². The van der Waals surface area contributed by atoms with Gasteiger partial charge in [0.15, 0.2) is 11.6 Å². The van der Waals surface area contributed by atoms with Gasteiger partial charge < -0.3 is 9.64 Å². The molecule has 1 aliphatic heterocycles. The molecule has 1 fully saturated rings. The van der Waals surface area contributed by atoms with Gasteiger partial charge in [-0.1, -0.05) is 30.3 Å². The van der Waals surface area contributed by atoms with E-state index in [1.165, 1.54) is 13.0 Å². The SMILES string of the molecule is CC(=O)OCc1ccc(C(c2ccc(F)c(F)c2)N2CCCC2=O)cc1. The van der Waals surface area contributed by atoms with Crippen LogP contribution in [-0.2, 0) is 20.9 Å². The Morgan fingerprint density at radius 3 is 2.38 bits per heavy atom. The first-order valence-electron chi connectivity index (χ1n) is 8.42. The number of ether oxygens (including phenoxy) is 1. The highest BCUT2D eigenvalue weighted by atomic mass is 19.2. The third-order valence-electron chi connectivity index (χ3n) is 4.42. The summed E-state index contributed by atoms with van der Waals surface area (Å²) in [7, 11) is 0. The van der Waals surface area contributed by atoms with Crippen LogP contribution in [0, 0.1) is 11.6 Å². The summed E-state index contributed by atoms with van der Waals surface area (Å²) in [5.74, 6) is -2.23. The number of nitrogens with zero attached hydrogens (tertiary/aromatic N) is 1. The second-order valence-electron chi connectivity index (χ2n) is 6.29. The summed E-state index contributed by atoms with van der Waals surface area (Å²) in [6.45, 7) is 2.07. The van der Waals surface area contributed by atoms with Crippen molar-refractivity contribution in [1.29, 1.82) is 0 Å². The van der Waals surface area contributed by atoms with Crippen molar-refractivity contribution in [2.75, 3.05) is 6.54 Å². The molecular weight excluding hydrogens is 340 g/mol. The summed E-state index contributed by atoms with van der Waals surface area (Å²) in [5.41, 5.74) is 2.12. The summed E-state index contributed by atoms with van der Waals surface area (Å²) in [6.07, 6.45) is 1.19. The van der Waals surface area contributed by atoms with E-state index in [0.29, 0.717) is 18.5 Å². The van der Waals surface area contributed by atoms with Gasteiger partial charge in [0, 0.05) is 19.9 Å². The summed E-state index contributed by atoms with van der Waals surface area (Å²) >= 11 is 0. The summed E-state index contributed by atoms with van der Waals surface area (Å²) in [5, 5.41) is 0. The smallest absolute Gasteiger partial charge is 0.302 e. The molecule has 0 bridgehead atoms. The van der Waals surface area contributed by atoms with Crippen molar-refractivity contribution in [3.63, 3.8) is 0 Å².